The monoisotopic (exact) mass is 222 g/mol. The summed E-state index contributed by atoms with van der Waals surface area (Å²) in [7, 11) is 0. The second-order valence-corrected chi connectivity index (χ2v) is 3.67. The first-order chi connectivity index (χ1) is 7.74. The van der Waals surface area contributed by atoms with Gasteiger partial charge in [0.05, 0.1) is 6.61 Å². The van der Waals surface area contributed by atoms with E-state index in [4.69, 9.17) is 10.8 Å². The van der Waals surface area contributed by atoms with Crippen LogP contribution in [0.25, 0.3) is 0 Å². The molecule has 4 heteroatoms. The number of aliphatic hydroxyl groups is 1. The minimum absolute atomic E-state index is 0.296. The zero-order chi connectivity index (χ0) is 11.8. The molecule has 0 saturated heterocycles. The van der Waals surface area contributed by atoms with E-state index in [1.165, 1.54) is 5.56 Å². The molecule has 4 N–H and O–H groups in total. The van der Waals surface area contributed by atoms with Crippen LogP contribution in [0.4, 0.5) is 0 Å². The van der Waals surface area contributed by atoms with Crippen LogP contribution in [0, 0.1) is 0 Å². The van der Waals surface area contributed by atoms with Crippen LogP contribution < -0.4 is 11.1 Å². The van der Waals surface area contributed by atoms with Gasteiger partial charge in [0.15, 0.2) is 0 Å². The normalized spacial score (nSPS) is 12.1. The Balaban J connectivity index is 2.15. The fraction of sp³-hybridized carbons (Fsp3) is 0.417. The lowest BCUT2D eigenvalue weighted by atomic mass is 10.1. The Bertz CT molecular complexity index is 314. The third-order valence-electron chi connectivity index (χ3n) is 2.32. The van der Waals surface area contributed by atoms with Crippen LogP contribution in [0.15, 0.2) is 30.3 Å². The summed E-state index contributed by atoms with van der Waals surface area (Å²) in [6, 6.07) is 9.27. The molecule has 16 heavy (non-hydrogen) atoms. The van der Waals surface area contributed by atoms with Gasteiger partial charge >= 0.3 is 0 Å². The predicted molar refractivity (Wildman–Crippen MR) is 62.8 cm³/mol. The molecule has 0 saturated carbocycles. The summed E-state index contributed by atoms with van der Waals surface area (Å²) in [5, 5.41) is 11.3. The van der Waals surface area contributed by atoms with Crippen molar-refractivity contribution in [3.8, 4) is 0 Å². The lowest BCUT2D eigenvalue weighted by Crippen LogP contribution is -2.43. The smallest absolute Gasteiger partial charge is 0.239 e. The maximum absolute atomic E-state index is 11.2. The highest BCUT2D eigenvalue weighted by atomic mass is 16.3. The van der Waals surface area contributed by atoms with Crippen molar-refractivity contribution in [2.75, 3.05) is 13.2 Å². The van der Waals surface area contributed by atoms with E-state index in [9.17, 15) is 4.79 Å². The summed E-state index contributed by atoms with van der Waals surface area (Å²) < 4.78 is 0. The van der Waals surface area contributed by atoms with E-state index in [-0.39, 0.29) is 12.5 Å². The van der Waals surface area contributed by atoms with E-state index in [2.05, 4.69) is 17.4 Å². The van der Waals surface area contributed by atoms with Gasteiger partial charge in [-0.25, -0.2) is 0 Å². The Morgan fingerprint density at radius 2 is 2.06 bits per heavy atom. The molecule has 4 nitrogen and oxygen atoms in total. The first-order valence-electron chi connectivity index (χ1n) is 5.42. The molecule has 0 bridgehead atoms. The largest absolute Gasteiger partial charge is 0.394 e. The summed E-state index contributed by atoms with van der Waals surface area (Å²) in [6.45, 7) is 0.270. The zero-order valence-corrected chi connectivity index (χ0v) is 9.23. The van der Waals surface area contributed by atoms with Crippen molar-refractivity contribution in [3.05, 3.63) is 35.9 Å². The van der Waals surface area contributed by atoms with Crippen LogP contribution in [0.3, 0.4) is 0 Å². The predicted octanol–water partition coefficient (Wildman–Crippen LogP) is 0.0550. The number of hydrogen-bond acceptors (Lipinski definition) is 3. The maximum atomic E-state index is 11.2. The first-order valence-corrected chi connectivity index (χ1v) is 5.42. The Morgan fingerprint density at radius 1 is 1.38 bits per heavy atom. The number of aliphatic hydroxyl groups excluding tert-OH is 1. The van der Waals surface area contributed by atoms with Crippen molar-refractivity contribution in [1.29, 1.82) is 0 Å². The fourth-order valence-corrected chi connectivity index (χ4v) is 1.36. The standard InChI is InChI=1S/C12H18N2O2/c13-11(9-15)12(16)14-8-4-7-10-5-2-1-3-6-10/h1-3,5-6,11,15H,4,7-9,13H2,(H,14,16)/t11-/m1/s1. The molecule has 0 aromatic heterocycles. The maximum Gasteiger partial charge on any atom is 0.239 e. The fourth-order valence-electron chi connectivity index (χ4n) is 1.36. The SMILES string of the molecule is N[C@H](CO)C(=O)NCCCc1ccccc1. The van der Waals surface area contributed by atoms with Gasteiger partial charge in [0.25, 0.3) is 0 Å². The molecule has 0 radical (unpaired) electrons. The van der Waals surface area contributed by atoms with Crippen LogP contribution in [-0.2, 0) is 11.2 Å². The van der Waals surface area contributed by atoms with Gasteiger partial charge in [-0.1, -0.05) is 30.3 Å². The van der Waals surface area contributed by atoms with Gasteiger partial charge in [-0.2, -0.15) is 0 Å². The van der Waals surface area contributed by atoms with Crippen LogP contribution in [0.1, 0.15) is 12.0 Å². The van der Waals surface area contributed by atoms with Crippen molar-refractivity contribution in [2.45, 2.75) is 18.9 Å². The number of benzene rings is 1. The second-order valence-electron chi connectivity index (χ2n) is 3.67. The van der Waals surface area contributed by atoms with Gasteiger partial charge in [0.1, 0.15) is 6.04 Å². The molecule has 1 aromatic rings. The third kappa shape index (κ3) is 4.42. The average molecular weight is 222 g/mol. The van der Waals surface area contributed by atoms with Crippen molar-refractivity contribution in [1.82, 2.24) is 5.32 Å². The molecule has 0 heterocycles. The Labute approximate surface area is 95.5 Å². The van der Waals surface area contributed by atoms with Gasteiger partial charge < -0.3 is 16.2 Å². The Kier molecular flexibility index (Phi) is 5.53. The second kappa shape index (κ2) is 6.98. The van der Waals surface area contributed by atoms with E-state index in [0.29, 0.717) is 6.54 Å². The minimum Gasteiger partial charge on any atom is -0.394 e. The summed E-state index contributed by atoms with van der Waals surface area (Å²) >= 11 is 0. The molecule has 1 amide bonds. The third-order valence-corrected chi connectivity index (χ3v) is 2.32. The highest BCUT2D eigenvalue weighted by Crippen LogP contribution is 2.01. The average Bonchev–Trinajstić information content (AvgIpc) is 2.34. The van der Waals surface area contributed by atoms with E-state index in [1.807, 2.05) is 18.2 Å². The lowest BCUT2D eigenvalue weighted by molar-refractivity contribution is -0.123. The van der Waals surface area contributed by atoms with Crippen LogP contribution in [-0.4, -0.2) is 30.2 Å². The molecule has 1 aromatic carbocycles. The Hall–Kier alpha value is -1.39. The van der Waals surface area contributed by atoms with Crippen molar-refractivity contribution in [3.63, 3.8) is 0 Å². The van der Waals surface area contributed by atoms with Gasteiger partial charge in [-0.3, -0.25) is 4.79 Å². The van der Waals surface area contributed by atoms with Crippen molar-refractivity contribution >= 4 is 5.91 Å². The number of nitrogens with two attached hydrogens (primary N) is 1. The van der Waals surface area contributed by atoms with Crippen LogP contribution in [0.5, 0.6) is 0 Å². The van der Waals surface area contributed by atoms with Gasteiger partial charge in [0.2, 0.25) is 5.91 Å². The van der Waals surface area contributed by atoms with E-state index >= 15 is 0 Å². The molecule has 0 spiro atoms. The zero-order valence-electron chi connectivity index (χ0n) is 9.23. The van der Waals surface area contributed by atoms with Gasteiger partial charge in [0, 0.05) is 6.54 Å². The molecule has 0 fully saturated rings. The summed E-state index contributed by atoms with van der Waals surface area (Å²) in [5.41, 5.74) is 6.60. The van der Waals surface area contributed by atoms with Crippen LogP contribution >= 0.6 is 0 Å². The highest BCUT2D eigenvalue weighted by molar-refractivity contribution is 5.81. The van der Waals surface area contributed by atoms with Gasteiger partial charge in [-0.05, 0) is 18.4 Å². The van der Waals surface area contributed by atoms with Gasteiger partial charge in [-0.15, -0.1) is 0 Å². The number of aryl methyl sites for hydroxylation is 1. The van der Waals surface area contributed by atoms with E-state index < -0.39 is 6.04 Å². The van der Waals surface area contributed by atoms with E-state index in [0.717, 1.165) is 12.8 Å². The quantitative estimate of drug-likeness (QED) is 0.596. The highest BCUT2D eigenvalue weighted by Gasteiger charge is 2.10. The molecule has 0 unspecified atom stereocenters. The van der Waals surface area contributed by atoms with Crippen molar-refractivity contribution in [2.24, 2.45) is 5.73 Å². The Morgan fingerprint density at radius 3 is 2.69 bits per heavy atom. The molecule has 1 rings (SSSR count). The minimum atomic E-state index is -0.809. The number of carbonyl (C=O) groups excluding carboxylic acids is 1. The van der Waals surface area contributed by atoms with Crippen molar-refractivity contribution < 1.29 is 9.90 Å². The first kappa shape index (κ1) is 12.7. The van der Waals surface area contributed by atoms with E-state index in [1.54, 1.807) is 0 Å². The number of amides is 1. The summed E-state index contributed by atoms with van der Waals surface area (Å²) in [4.78, 5) is 11.2. The molecular weight excluding hydrogens is 204 g/mol. The number of hydrogen-bond donors (Lipinski definition) is 3. The lowest BCUT2D eigenvalue weighted by Gasteiger charge is -2.09. The molecule has 1 atom stereocenters. The number of nitrogens with one attached hydrogen (secondary N) is 1. The topological polar surface area (TPSA) is 75.3 Å². The number of rotatable bonds is 6. The number of carbonyl (C=O) groups is 1. The molecule has 0 aliphatic heterocycles. The van der Waals surface area contributed by atoms with Crippen LogP contribution in [0.2, 0.25) is 0 Å². The molecule has 0 aliphatic rings. The molecule has 0 aliphatic carbocycles. The summed E-state index contributed by atoms with van der Waals surface area (Å²) in [6.07, 6.45) is 1.80. The molecule has 88 valence electrons. The molecular formula is C12H18N2O2. The summed E-state index contributed by atoms with van der Waals surface area (Å²) in [5.74, 6) is -0.296.